The van der Waals surface area contributed by atoms with Crippen LogP contribution in [0.3, 0.4) is 0 Å². The molecule has 7 nitrogen and oxygen atoms in total. The van der Waals surface area contributed by atoms with Crippen LogP contribution >= 0.6 is 0 Å². The van der Waals surface area contributed by atoms with Crippen molar-refractivity contribution in [2.45, 2.75) is 26.7 Å². The molecule has 1 amide bonds. The highest BCUT2D eigenvalue weighted by Crippen LogP contribution is 2.15. The average molecular weight is 327 g/mol. The fourth-order valence-electron chi connectivity index (χ4n) is 2.12. The molecule has 24 heavy (non-hydrogen) atoms. The molecule has 0 aliphatic rings. The lowest BCUT2D eigenvalue weighted by molar-refractivity contribution is -0.119. The average Bonchev–Trinajstić information content (AvgIpc) is 2.95. The Morgan fingerprint density at radius 1 is 1.33 bits per heavy atom. The SMILES string of the molecule is CCc1noc(C)c1C(=O)OCC(=O)Nc1ccc(CC#N)cc1. The number of nitriles is 1. The van der Waals surface area contributed by atoms with Crippen molar-refractivity contribution in [1.29, 1.82) is 5.26 Å². The summed E-state index contributed by atoms with van der Waals surface area (Å²) in [4.78, 5) is 23.9. The zero-order chi connectivity index (χ0) is 17.5. The molecule has 0 atom stereocenters. The highest BCUT2D eigenvalue weighted by molar-refractivity contribution is 5.96. The Morgan fingerprint density at radius 3 is 2.67 bits per heavy atom. The summed E-state index contributed by atoms with van der Waals surface area (Å²) in [5, 5.41) is 15.0. The number of carbonyl (C=O) groups excluding carboxylic acids is 2. The number of ether oxygens (including phenoxy) is 1. The van der Waals surface area contributed by atoms with E-state index in [9.17, 15) is 9.59 Å². The molecular weight excluding hydrogens is 310 g/mol. The smallest absolute Gasteiger partial charge is 0.344 e. The fraction of sp³-hybridized carbons (Fsp3) is 0.294. The number of aromatic nitrogens is 1. The van der Waals surface area contributed by atoms with Gasteiger partial charge in [-0.3, -0.25) is 4.79 Å². The molecule has 0 aliphatic heterocycles. The van der Waals surface area contributed by atoms with Gasteiger partial charge in [0.2, 0.25) is 0 Å². The van der Waals surface area contributed by atoms with Crippen LogP contribution in [0.15, 0.2) is 28.8 Å². The van der Waals surface area contributed by atoms with E-state index in [0.717, 1.165) is 5.56 Å². The first-order valence-corrected chi connectivity index (χ1v) is 7.43. The largest absolute Gasteiger partial charge is 0.452 e. The van der Waals surface area contributed by atoms with Crippen molar-refractivity contribution in [3.63, 3.8) is 0 Å². The number of carbonyl (C=O) groups is 2. The molecule has 1 aromatic heterocycles. The zero-order valence-corrected chi connectivity index (χ0v) is 13.5. The molecule has 124 valence electrons. The molecule has 0 aliphatic carbocycles. The number of amides is 1. The van der Waals surface area contributed by atoms with E-state index in [2.05, 4.69) is 10.5 Å². The second-order valence-corrected chi connectivity index (χ2v) is 5.07. The third-order valence-corrected chi connectivity index (χ3v) is 3.33. The first-order chi connectivity index (χ1) is 11.5. The van der Waals surface area contributed by atoms with Gasteiger partial charge in [-0.05, 0) is 31.0 Å². The number of benzene rings is 1. The maximum atomic E-state index is 12.0. The predicted octanol–water partition coefficient (Wildman–Crippen LogP) is 2.41. The van der Waals surface area contributed by atoms with Gasteiger partial charge in [0, 0.05) is 5.69 Å². The van der Waals surface area contributed by atoms with Crippen LogP contribution in [-0.2, 0) is 22.4 Å². The molecule has 7 heteroatoms. The number of aryl methyl sites for hydroxylation is 2. The first-order valence-electron chi connectivity index (χ1n) is 7.43. The third kappa shape index (κ3) is 4.20. The van der Waals surface area contributed by atoms with Gasteiger partial charge in [-0.2, -0.15) is 5.26 Å². The summed E-state index contributed by atoms with van der Waals surface area (Å²) >= 11 is 0. The Labute approximate surface area is 139 Å². The van der Waals surface area contributed by atoms with Crippen LogP contribution < -0.4 is 5.32 Å². The van der Waals surface area contributed by atoms with Crippen LogP contribution in [0.1, 0.15) is 34.3 Å². The van der Waals surface area contributed by atoms with Crippen LogP contribution in [0.25, 0.3) is 0 Å². The van der Waals surface area contributed by atoms with Gasteiger partial charge in [-0.25, -0.2) is 4.79 Å². The van der Waals surface area contributed by atoms with Crippen LogP contribution in [0.4, 0.5) is 5.69 Å². The highest BCUT2D eigenvalue weighted by atomic mass is 16.5. The number of esters is 1. The van der Waals surface area contributed by atoms with Crippen molar-refractivity contribution in [1.82, 2.24) is 5.16 Å². The summed E-state index contributed by atoms with van der Waals surface area (Å²) in [6.45, 7) is 3.05. The molecule has 0 saturated carbocycles. The second-order valence-electron chi connectivity index (χ2n) is 5.07. The van der Waals surface area contributed by atoms with E-state index >= 15 is 0 Å². The van der Waals surface area contributed by atoms with Crippen molar-refractivity contribution < 1.29 is 18.8 Å². The molecule has 0 spiro atoms. The standard InChI is InChI=1S/C17H17N3O4/c1-3-14-16(11(2)24-20-14)17(22)23-10-15(21)19-13-6-4-12(5-7-13)8-9-18/h4-7H,3,8,10H2,1-2H3,(H,19,21). The monoisotopic (exact) mass is 327 g/mol. The van der Waals surface area contributed by atoms with E-state index in [1.807, 2.05) is 13.0 Å². The van der Waals surface area contributed by atoms with Gasteiger partial charge >= 0.3 is 5.97 Å². The minimum Gasteiger partial charge on any atom is -0.452 e. The summed E-state index contributed by atoms with van der Waals surface area (Å²) < 4.78 is 9.98. The molecule has 1 N–H and O–H groups in total. The number of hydrogen-bond acceptors (Lipinski definition) is 6. The molecule has 0 unspecified atom stereocenters. The van der Waals surface area contributed by atoms with Gasteiger partial charge < -0.3 is 14.6 Å². The van der Waals surface area contributed by atoms with E-state index in [-0.39, 0.29) is 5.56 Å². The van der Waals surface area contributed by atoms with E-state index < -0.39 is 18.5 Å². The number of nitrogens with one attached hydrogen (secondary N) is 1. The van der Waals surface area contributed by atoms with Gasteiger partial charge in [-0.1, -0.05) is 24.2 Å². The van der Waals surface area contributed by atoms with Crippen LogP contribution in [0.2, 0.25) is 0 Å². The number of rotatable bonds is 6. The van der Waals surface area contributed by atoms with Crippen LogP contribution in [-0.4, -0.2) is 23.6 Å². The Hall–Kier alpha value is -3.14. The maximum Gasteiger partial charge on any atom is 0.344 e. The second kappa shape index (κ2) is 7.92. The molecule has 2 rings (SSSR count). The fourth-order valence-corrected chi connectivity index (χ4v) is 2.12. The quantitative estimate of drug-likeness (QED) is 0.817. The topological polar surface area (TPSA) is 105 Å². The lowest BCUT2D eigenvalue weighted by Crippen LogP contribution is -2.21. The predicted molar refractivity (Wildman–Crippen MR) is 85.3 cm³/mol. The lowest BCUT2D eigenvalue weighted by atomic mass is 10.1. The minimum absolute atomic E-state index is 0.270. The van der Waals surface area contributed by atoms with E-state index in [1.54, 1.807) is 31.2 Å². The molecule has 0 fully saturated rings. The summed E-state index contributed by atoms with van der Waals surface area (Å²) in [7, 11) is 0. The highest BCUT2D eigenvalue weighted by Gasteiger charge is 2.21. The summed E-state index contributed by atoms with van der Waals surface area (Å²) in [5.74, 6) is -0.723. The minimum atomic E-state index is -0.634. The van der Waals surface area contributed by atoms with Gasteiger partial charge in [0.05, 0.1) is 18.2 Å². The summed E-state index contributed by atoms with van der Waals surface area (Å²) in [5.41, 5.74) is 2.20. The van der Waals surface area contributed by atoms with Gasteiger partial charge in [-0.15, -0.1) is 0 Å². The van der Waals surface area contributed by atoms with Crippen LogP contribution in [0, 0.1) is 18.3 Å². The zero-order valence-electron chi connectivity index (χ0n) is 13.5. The summed E-state index contributed by atoms with van der Waals surface area (Å²) in [6, 6.07) is 8.92. The Balaban J connectivity index is 1.90. The van der Waals surface area contributed by atoms with Crippen molar-refractivity contribution in [2.75, 3.05) is 11.9 Å². The lowest BCUT2D eigenvalue weighted by Gasteiger charge is -2.07. The number of anilines is 1. The van der Waals surface area contributed by atoms with Gasteiger partial charge in [0.1, 0.15) is 11.3 Å². The molecule has 1 heterocycles. The Kier molecular flexibility index (Phi) is 5.68. The Bertz CT molecular complexity index is 772. The van der Waals surface area contributed by atoms with Crippen molar-refractivity contribution in [2.24, 2.45) is 0 Å². The normalized spacial score (nSPS) is 10.0. The molecule has 1 aromatic carbocycles. The number of nitrogens with zero attached hydrogens (tertiary/aromatic N) is 2. The van der Waals surface area contributed by atoms with Crippen molar-refractivity contribution in [3.05, 3.63) is 46.8 Å². The molecule has 0 saturated heterocycles. The third-order valence-electron chi connectivity index (χ3n) is 3.33. The summed E-state index contributed by atoms with van der Waals surface area (Å²) in [6.07, 6.45) is 0.840. The van der Waals surface area contributed by atoms with E-state index in [4.69, 9.17) is 14.5 Å². The van der Waals surface area contributed by atoms with Crippen LogP contribution in [0.5, 0.6) is 0 Å². The maximum absolute atomic E-state index is 12.0. The van der Waals surface area contributed by atoms with E-state index in [0.29, 0.717) is 30.0 Å². The molecule has 2 aromatic rings. The van der Waals surface area contributed by atoms with E-state index in [1.165, 1.54) is 0 Å². The van der Waals surface area contributed by atoms with Gasteiger partial charge in [0.15, 0.2) is 6.61 Å². The molecule has 0 bridgehead atoms. The number of hydrogen-bond donors (Lipinski definition) is 1. The van der Waals surface area contributed by atoms with Gasteiger partial charge in [0.25, 0.3) is 5.91 Å². The van der Waals surface area contributed by atoms with Crippen molar-refractivity contribution >= 4 is 17.6 Å². The Morgan fingerprint density at radius 2 is 2.04 bits per heavy atom. The first kappa shape index (κ1) is 17.2. The van der Waals surface area contributed by atoms with Crippen molar-refractivity contribution in [3.8, 4) is 6.07 Å². The molecular formula is C17H17N3O4. The molecule has 0 radical (unpaired) electrons.